The Labute approximate surface area is 169 Å². The number of Topliss-reactive ketones (excluding diaryl/α,β-unsaturated/α-hetero) is 2. The largest absolute Gasteiger partial charge is 0.416 e. The molecule has 0 aliphatic heterocycles. The maximum Gasteiger partial charge on any atom is 0.266 e. The van der Waals surface area contributed by atoms with Crippen LogP contribution in [0.25, 0.3) is 39.7 Å². The van der Waals surface area contributed by atoms with E-state index in [0.717, 1.165) is 16.3 Å². The maximum atomic E-state index is 12.9. The van der Waals surface area contributed by atoms with Crippen molar-refractivity contribution < 1.29 is 14.0 Å². The van der Waals surface area contributed by atoms with Crippen molar-refractivity contribution in [3.8, 4) is 11.5 Å². The lowest BCUT2D eigenvalue weighted by Crippen LogP contribution is -2.00. The van der Waals surface area contributed by atoms with Crippen LogP contribution in [-0.4, -0.2) is 26.5 Å². The van der Waals surface area contributed by atoms with Crippen LogP contribution in [0.15, 0.2) is 76.7 Å². The summed E-state index contributed by atoms with van der Waals surface area (Å²) in [7, 11) is 0. The molecule has 6 nitrogen and oxygen atoms in total. The number of H-pyrrole nitrogens is 1. The topological polar surface area (TPSA) is 88.8 Å². The van der Waals surface area contributed by atoms with Gasteiger partial charge in [-0.05, 0) is 41.1 Å². The molecule has 1 aliphatic carbocycles. The number of ketones is 2. The summed E-state index contributed by atoms with van der Waals surface area (Å²) in [6, 6.07) is 20.7. The smallest absolute Gasteiger partial charge is 0.266 e. The van der Waals surface area contributed by atoms with Crippen LogP contribution in [-0.2, 0) is 0 Å². The molecule has 5 aromatic rings. The van der Waals surface area contributed by atoms with Crippen molar-refractivity contribution >= 4 is 39.8 Å². The van der Waals surface area contributed by atoms with E-state index < -0.39 is 0 Å². The normalized spacial score (nSPS) is 13.4. The number of aromatic nitrogens is 3. The minimum Gasteiger partial charge on any atom is -0.416 e. The Hall–Kier alpha value is -4.32. The molecule has 0 amide bonds. The van der Waals surface area contributed by atoms with Crippen LogP contribution in [0, 0.1) is 0 Å². The van der Waals surface area contributed by atoms with Gasteiger partial charge in [-0.1, -0.05) is 42.5 Å². The van der Waals surface area contributed by atoms with Gasteiger partial charge in [-0.15, -0.1) is 0 Å². The van der Waals surface area contributed by atoms with Crippen molar-refractivity contribution in [1.29, 1.82) is 0 Å². The van der Waals surface area contributed by atoms with E-state index in [2.05, 4.69) is 15.0 Å². The molecule has 0 atom stereocenters. The van der Waals surface area contributed by atoms with Crippen molar-refractivity contribution in [1.82, 2.24) is 15.0 Å². The molecule has 1 N–H and O–H groups in total. The Morgan fingerprint density at radius 3 is 2.07 bits per heavy atom. The first kappa shape index (κ1) is 16.6. The molecule has 2 aromatic heterocycles. The lowest BCUT2D eigenvalue weighted by molar-refractivity contribution is 0.0990. The summed E-state index contributed by atoms with van der Waals surface area (Å²) in [6.07, 6.45) is 1.47. The second-order valence-electron chi connectivity index (χ2n) is 7.12. The third-order valence-electron chi connectivity index (χ3n) is 5.24. The molecule has 1 aliphatic rings. The summed E-state index contributed by atoms with van der Waals surface area (Å²) in [4.78, 5) is 37.5. The quantitative estimate of drug-likeness (QED) is 0.344. The van der Waals surface area contributed by atoms with Crippen LogP contribution in [0.3, 0.4) is 0 Å². The highest BCUT2D eigenvalue weighted by atomic mass is 16.4. The van der Waals surface area contributed by atoms with Gasteiger partial charge in [-0.2, -0.15) is 9.97 Å². The number of nitrogens with one attached hydrogen (secondary N) is 1. The number of carbonyl (C=O) groups is 2. The zero-order valence-corrected chi connectivity index (χ0v) is 15.5. The lowest BCUT2D eigenvalue weighted by Gasteiger charge is -2.00. The number of oxazole rings is 1. The van der Waals surface area contributed by atoms with Gasteiger partial charge in [0.1, 0.15) is 5.82 Å². The number of rotatable bonds is 2. The molecule has 2 heterocycles. The highest BCUT2D eigenvalue weighted by Gasteiger charge is 2.33. The van der Waals surface area contributed by atoms with Gasteiger partial charge in [0, 0.05) is 16.7 Å². The fourth-order valence-corrected chi connectivity index (χ4v) is 3.78. The summed E-state index contributed by atoms with van der Waals surface area (Å²) in [6.45, 7) is 0. The van der Waals surface area contributed by atoms with E-state index in [4.69, 9.17) is 4.42 Å². The summed E-state index contributed by atoms with van der Waals surface area (Å²) >= 11 is 0. The molecule has 6 heteroatoms. The minimum atomic E-state index is -0.299. The molecule has 3 aromatic carbocycles. The van der Waals surface area contributed by atoms with Gasteiger partial charge in [0.15, 0.2) is 17.2 Å². The Morgan fingerprint density at radius 2 is 1.43 bits per heavy atom. The van der Waals surface area contributed by atoms with Crippen LogP contribution in [0.4, 0.5) is 0 Å². The summed E-state index contributed by atoms with van der Waals surface area (Å²) < 4.78 is 5.71. The fraction of sp³-hybridized carbons (Fsp3) is 0. The van der Waals surface area contributed by atoms with Gasteiger partial charge in [0.05, 0.1) is 5.57 Å². The second kappa shape index (κ2) is 6.09. The van der Waals surface area contributed by atoms with Crippen LogP contribution >= 0.6 is 0 Å². The predicted molar refractivity (Wildman–Crippen MR) is 112 cm³/mol. The van der Waals surface area contributed by atoms with E-state index in [1.165, 1.54) is 6.08 Å². The third kappa shape index (κ3) is 2.44. The number of hydrogen-bond acceptors (Lipinski definition) is 5. The maximum absolute atomic E-state index is 12.9. The Kier molecular flexibility index (Phi) is 3.37. The number of hydrogen-bond donors (Lipinski definition) is 1. The van der Waals surface area contributed by atoms with Gasteiger partial charge in [-0.3, -0.25) is 9.59 Å². The number of fused-ring (bicyclic) bond motifs is 3. The first-order chi connectivity index (χ1) is 14.7. The summed E-state index contributed by atoms with van der Waals surface area (Å²) in [5, 5.41) is 1.85. The number of aromatic amines is 1. The van der Waals surface area contributed by atoms with Gasteiger partial charge in [0.2, 0.25) is 5.89 Å². The SMILES string of the molecule is O=C1C(=Cc2nc3oc(-c4ccccc4)nc3[nH]2)C(=O)c2cc3ccccc3cc21. The van der Waals surface area contributed by atoms with Crippen molar-refractivity contribution in [3.05, 3.63) is 89.3 Å². The number of imidazole rings is 1. The van der Waals surface area contributed by atoms with Crippen LogP contribution in [0.2, 0.25) is 0 Å². The van der Waals surface area contributed by atoms with E-state index in [1.807, 2.05) is 54.6 Å². The van der Waals surface area contributed by atoms with E-state index in [9.17, 15) is 9.59 Å². The fourth-order valence-electron chi connectivity index (χ4n) is 3.78. The van der Waals surface area contributed by atoms with E-state index >= 15 is 0 Å². The monoisotopic (exact) mass is 391 g/mol. The highest BCUT2D eigenvalue weighted by Crippen LogP contribution is 2.32. The molecular weight excluding hydrogens is 378 g/mol. The summed E-state index contributed by atoms with van der Waals surface area (Å²) in [5.41, 5.74) is 2.55. The van der Waals surface area contributed by atoms with Gasteiger partial charge < -0.3 is 9.40 Å². The Morgan fingerprint density at radius 1 is 0.800 bits per heavy atom. The van der Waals surface area contributed by atoms with Crippen molar-refractivity contribution in [2.75, 3.05) is 0 Å². The molecule has 30 heavy (non-hydrogen) atoms. The third-order valence-corrected chi connectivity index (χ3v) is 5.24. The van der Waals surface area contributed by atoms with Crippen LogP contribution < -0.4 is 0 Å². The Balaban J connectivity index is 1.39. The first-order valence-corrected chi connectivity index (χ1v) is 9.43. The zero-order chi connectivity index (χ0) is 20.2. The first-order valence-electron chi connectivity index (χ1n) is 9.43. The van der Waals surface area contributed by atoms with Crippen molar-refractivity contribution in [3.63, 3.8) is 0 Å². The zero-order valence-electron chi connectivity index (χ0n) is 15.5. The molecule has 0 saturated carbocycles. The molecule has 0 unspecified atom stereocenters. The minimum absolute atomic E-state index is 0.0833. The Bertz CT molecular complexity index is 1440. The molecule has 6 rings (SSSR count). The van der Waals surface area contributed by atoms with E-state index in [0.29, 0.717) is 34.2 Å². The second-order valence-corrected chi connectivity index (χ2v) is 7.12. The molecule has 0 radical (unpaired) electrons. The molecule has 0 saturated heterocycles. The predicted octanol–water partition coefficient (Wildman–Crippen LogP) is 4.83. The van der Waals surface area contributed by atoms with Crippen molar-refractivity contribution in [2.24, 2.45) is 0 Å². The molecular formula is C24H13N3O3. The van der Waals surface area contributed by atoms with Gasteiger partial charge in [0.25, 0.3) is 5.71 Å². The number of allylic oxidation sites excluding steroid dienone is 1. The van der Waals surface area contributed by atoms with Gasteiger partial charge in [-0.25, -0.2) is 0 Å². The lowest BCUT2D eigenvalue weighted by atomic mass is 10.0. The molecule has 0 fully saturated rings. The van der Waals surface area contributed by atoms with E-state index in [-0.39, 0.29) is 17.1 Å². The molecule has 142 valence electrons. The van der Waals surface area contributed by atoms with Crippen LogP contribution in [0.1, 0.15) is 26.5 Å². The van der Waals surface area contributed by atoms with Crippen LogP contribution in [0.5, 0.6) is 0 Å². The molecule has 0 bridgehead atoms. The average molecular weight is 391 g/mol. The number of benzene rings is 3. The number of nitrogens with zero attached hydrogens (tertiary/aromatic N) is 2. The average Bonchev–Trinajstić information content (AvgIpc) is 3.41. The summed E-state index contributed by atoms with van der Waals surface area (Å²) in [5.74, 6) is 0.207. The highest BCUT2D eigenvalue weighted by molar-refractivity contribution is 6.42. The standard InChI is InChI=1S/C24H13N3O3/c28-20-16-10-14-8-4-5-9-15(14)11-17(16)21(29)18(20)12-19-25-22-24(26-19)30-23(27-22)13-6-2-1-3-7-13/h1-12H,(H,25,26). The van der Waals surface area contributed by atoms with Gasteiger partial charge >= 0.3 is 0 Å². The van der Waals surface area contributed by atoms with E-state index in [1.54, 1.807) is 12.1 Å². The molecule has 0 spiro atoms. The van der Waals surface area contributed by atoms with Crippen molar-refractivity contribution in [2.45, 2.75) is 0 Å². The number of carbonyl (C=O) groups excluding carboxylic acids is 2.